The maximum absolute atomic E-state index is 11.8. The highest BCUT2D eigenvalue weighted by molar-refractivity contribution is 5.87. The number of fused-ring (bicyclic) bond motifs is 2. The standard InChI is InChI=1S/C16H16O7/c17-10-4-1-9(2-5-10)3-6-13(18)22-11-7-16(21)8-12(14(11)19)23-15(16)20/h1-6,11-12,14,17,19,21H,7-8H2/b6-3+/t11-,12?,14+,16-/m0/s1. The zero-order valence-electron chi connectivity index (χ0n) is 12.1. The molecule has 0 radical (unpaired) electrons. The van der Waals surface area contributed by atoms with E-state index in [9.17, 15) is 24.9 Å². The van der Waals surface area contributed by atoms with Gasteiger partial charge in [-0.3, -0.25) is 0 Å². The average molecular weight is 320 g/mol. The van der Waals surface area contributed by atoms with Crippen LogP contribution in [0.2, 0.25) is 0 Å². The number of aromatic hydroxyl groups is 1. The largest absolute Gasteiger partial charge is 0.508 e. The number of esters is 2. The maximum Gasteiger partial charge on any atom is 0.338 e. The van der Waals surface area contributed by atoms with Gasteiger partial charge in [-0.2, -0.15) is 0 Å². The minimum Gasteiger partial charge on any atom is -0.508 e. The molecule has 4 atom stereocenters. The molecule has 1 aromatic rings. The van der Waals surface area contributed by atoms with Crippen LogP contribution in [0.5, 0.6) is 5.75 Å². The van der Waals surface area contributed by atoms with Crippen molar-refractivity contribution in [2.24, 2.45) is 0 Å². The van der Waals surface area contributed by atoms with E-state index in [0.29, 0.717) is 5.56 Å². The third kappa shape index (κ3) is 3.06. The Kier molecular flexibility index (Phi) is 3.83. The van der Waals surface area contributed by atoms with Crippen molar-refractivity contribution in [3.63, 3.8) is 0 Å². The first-order valence-electron chi connectivity index (χ1n) is 7.17. The summed E-state index contributed by atoms with van der Waals surface area (Å²) >= 11 is 0. The molecule has 7 nitrogen and oxygen atoms in total. The summed E-state index contributed by atoms with van der Waals surface area (Å²) in [5.41, 5.74) is -1.02. The van der Waals surface area contributed by atoms with Crippen molar-refractivity contribution in [2.45, 2.75) is 36.8 Å². The normalized spacial score (nSPS) is 32.8. The van der Waals surface area contributed by atoms with Gasteiger partial charge in [-0.15, -0.1) is 0 Å². The summed E-state index contributed by atoms with van der Waals surface area (Å²) in [4.78, 5) is 23.4. The van der Waals surface area contributed by atoms with Gasteiger partial charge in [0.25, 0.3) is 0 Å². The number of benzene rings is 1. The number of carbonyl (C=O) groups is 2. The fourth-order valence-electron chi connectivity index (χ4n) is 2.80. The number of phenols is 1. The number of aliphatic hydroxyl groups is 2. The summed E-state index contributed by atoms with van der Waals surface area (Å²) in [7, 11) is 0. The summed E-state index contributed by atoms with van der Waals surface area (Å²) in [6, 6.07) is 6.19. The second-order valence-corrected chi connectivity index (χ2v) is 5.77. The van der Waals surface area contributed by atoms with Crippen molar-refractivity contribution in [1.29, 1.82) is 0 Å². The van der Waals surface area contributed by atoms with Crippen LogP contribution in [-0.4, -0.2) is 51.2 Å². The van der Waals surface area contributed by atoms with Crippen LogP contribution in [0.3, 0.4) is 0 Å². The Morgan fingerprint density at radius 2 is 2.00 bits per heavy atom. The van der Waals surface area contributed by atoms with Crippen LogP contribution in [0.1, 0.15) is 18.4 Å². The summed E-state index contributed by atoms with van der Waals surface area (Å²) in [6.07, 6.45) is -0.563. The Balaban J connectivity index is 1.64. The molecule has 0 spiro atoms. The Morgan fingerprint density at radius 3 is 2.70 bits per heavy atom. The molecule has 0 amide bonds. The Hall–Kier alpha value is -2.38. The van der Waals surface area contributed by atoms with Gasteiger partial charge in [-0.25, -0.2) is 9.59 Å². The van der Waals surface area contributed by atoms with Gasteiger partial charge in [-0.05, 0) is 23.8 Å². The number of phenolic OH excluding ortho intramolecular Hbond substituents is 1. The second-order valence-electron chi connectivity index (χ2n) is 5.77. The molecule has 1 aliphatic heterocycles. The maximum atomic E-state index is 11.8. The molecule has 3 N–H and O–H groups in total. The van der Waals surface area contributed by atoms with E-state index in [-0.39, 0.29) is 18.6 Å². The first kappa shape index (κ1) is 15.5. The summed E-state index contributed by atoms with van der Waals surface area (Å²) < 4.78 is 10.0. The van der Waals surface area contributed by atoms with Gasteiger partial charge >= 0.3 is 11.9 Å². The quantitative estimate of drug-likeness (QED) is 0.536. The topological polar surface area (TPSA) is 113 Å². The van der Waals surface area contributed by atoms with Gasteiger partial charge in [0.15, 0.2) is 5.60 Å². The van der Waals surface area contributed by atoms with Crippen molar-refractivity contribution < 1.29 is 34.4 Å². The van der Waals surface area contributed by atoms with E-state index in [1.165, 1.54) is 24.3 Å². The molecular formula is C16H16O7. The lowest BCUT2D eigenvalue weighted by atomic mass is 9.82. The predicted octanol–water partition coefficient (Wildman–Crippen LogP) is 0.128. The lowest BCUT2D eigenvalue weighted by molar-refractivity contribution is -0.162. The molecule has 2 fully saturated rings. The van der Waals surface area contributed by atoms with Crippen LogP contribution >= 0.6 is 0 Å². The fourth-order valence-corrected chi connectivity index (χ4v) is 2.80. The predicted molar refractivity (Wildman–Crippen MR) is 77.1 cm³/mol. The molecule has 2 bridgehead atoms. The lowest BCUT2D eigenvalue weighted by Crippen LogP contribution is -2.50. The van der Waals surface area contributed by atoms with Gasteiger partial charge < -0.3 is 24.8 Å². The first-order valence-corrected chi connectivity index (χ1v) is 7.17. The molecule has 23 heavy (non-hydrogen) atoms. The molecule has 1 aromatic carbocycles. The first-order chi connectivity index (χ1) is 10.9. The third-order valence-electron chi connectivity index (χ3n) is 4.05. The monoisotopic (exact) mass is 320 g/mol. The number of rotatable bonds is 3. The number of hydrogen-bond acceptors (Lipinski definition) is 7. The van der Waals surface area contributed by atoms with Gasteiger partial charge in [0.2, 0.25) is 0 Å². The Morgan fingerprint density at radius 1 is 1.30 bits per heavy atom. The van der Waals surface area contributed by atoms with Crippen molar-refractivity contribution >= 4 is 18.0 Å². The third-order valence-corrected chi connectivity index (χ3v) is 4.05. The number of aliphatic hydroxyl groups excluding tert-OH is 1. The van der Waals surface area contributed by atoms with Gasteiger partial charge in [0.05, 0.1) is 0 Å². The van der Waals surface area contributed by atoms with E-state index in [4.69, 9.17) is 9.47 Å². The summed E-state index contributed by atoms with van der Waals surface area (Å²) in [6.45, 7) is 0. The van der Waals surface area contributed by atoms with Crippen LogP contribution in [0.4, 0.5) is 0 Å². The van der Waals surface area contributed by atoms with Gasteiger partial charge in [0, 0.05) is 18.9 Å². The van der Waals surface area contributed by atoms with Gasteiger partial charge in [0.1, 0.15) is 24.1 Å². The summed E-state index contributed by atoms with van der Waals surface area (Å²) in [5, 5.41) is 29.3. The Bertz CT molecular complexity index is 651. The fraction of sp³-hybridized carbons (Fsp3) is 0.375. The number of ether oxygens (including phenoxy) is 2. The van der Waals surface area contributed by atoms with E-state index in [2.05, 4.69) is 0 Å². The highest BCUT2D eigenvalue weighted by atomic mass is 16.6. The van der Waals surface area contributed by atoms with Crippen molar-refractivity contribution in [3.8, 4) is 5.75 Å². The molecule has 2 aliphatic rings. The van der Waals surface area contributed by atoms with Gasteiger partial charge in [-0.1, -0.05) is 12.1 Å². The SMILES string of the molecule is O=C(/C=C/c1ccc(O)cc1)O[C@H]1C[C@]2(O)CC(OC2=O)[C@@H]1O. The highest BCUT2D eigenvalue weighted by Crippen LogP contribution is 2.39. The molecule has 1 heterocycles. The van der Waals surface area contributed by atoms with E-state index in [0.717, 1.165) is 0 Å². The molecule has 0 aromatic heterocycles. The van der Waals surface area contributed by atoms with Crippen molar-refractivity contribution in [1.82, 2.24) is 0 Å². The van der Waals surface area contributed by atoms with E-state index in [1.54, 1.807) is 12.1 Å². The molecule has 1 saturated heterocycles. The van der Waals surface area contributed by atoms with E-state index in [1.807, 2.05) is 0 Å². The lowest BCUT2D eigenvalue weighted by Gasteiger charge is -2.32. The molecule has 1 unspecified atom stereocenters. The molecule has 1 aliphatic carbocycles. The molecule has 1 saturated carbocycles. The molecule has 3 rings (SSSR count). The molecular weight excluding hydrogens is 304 g/mol. The second kappa shape index (κ2) is 5.68. The number of hydrogen-bond donors (Lipinski definition) is 3. The van der Waals surface area contributed by atoms with Crippen LogP contribution in [0, 0.1) is 0 Å². The van der Waals surface area contributed by atoms with E-state index < -0.39 is 35.9 Å². The smallest absolute Gasteiger partial charge is 0.338 e. The molecule has 122 valence electrons. The average Bonchev–Trinajstić information content (AvgIpc) is 2.76. The summed E-state index contributed by atoms with van der Waals surface area (Å²) in [5.74, 6) is -1.39. The van der Waals surface area contributed by atoms with Crippen LogP contribution in [0.15, 0.2) is 30.3 Å². The van der Waals surface area contributed by atoms with Crippen LogP contribution in [-0.2, 0) is 19.1 Å². The van der Waals surface area contributed by atoms with Crippen molar-refractivity contribution in [3.05, 3.63) is 35.9 Å². The van der Waals surface area contributed by atoms with Crippen LogP contribution < -0.4 is 0 Å². The van der Waals surface area contributed by atoms with Crippen molar-refractivity contribution in [2.75, 3.05) is 0 Å². The highest BCUT2D eigenvalue weighted by Gasteiger charge is 2.58. The zero-order valence-corrected chi connectivity index (χ0v) is 12.1. The van der Waals surface area contributed by atoms with Crippen LogP contribution in [0.25, 0.3) is 6.08 Å². The minimum atomic E-state index is -1.70. The Labute approximate surface area is 131 Å². The minimum absolute atomic E-state index is 0.00436. The number of carbonyl (C=O) groups excluding carboxylic acids is 2. The van der Waals surface area contributed by atoms with E-state index >= 15 is 0 Å². The molecule has 7 heteroatoms. The zero-order chi connectivity index (χ0) is 16.6.